The highest BCUT2D eigenvalue weighted by Gasteiger charge is 2.31. The molecule has 0 aromatic carbocycles. The summed E-state index contributed by atoms with van der Waals surface area (Å²) in [4.78, 5) is 7.40. The molecule has 2 rings (SSSR count). The van der Waals surface area contributed by atoms with Gasteiger partial charge in [-0.25, -0.2) is 23.1 Å². The standard InChI is InChI=1S/C11H18N4O3S/c1-11(2)5-8(3-4-18-11)15-19(16,17)9-6-13-10(12)14-7-9/h6-8,15H,3-5H2,1-2H3,(H2,12,13,14). The second kappa shape index (κ2) is 5.03. The minimum atomic E-state index is -3.61. The molecule has 1 aliphatic rings. The van der Waals surface area contributed by atoms with Crippen LogP contribution < -0.4 is 10.5 Å². The van der Waals surface area contributed by atoms with E-state index in [-0.39, 0.29) is 22.5 Å². The monoisotopic (exact) mass is 286 g/mol. The van der Waals surface area contributed by atoms with Gasteiger partial charge in [-0.05, 0) is 26.7 Å². The van der Waals surface area contributed by atoms with Crippen LogP contribution in [0.5, 0.6) is 0 Å². The molecule has 1 fully saturated rings. The fraction of sp³-hybridized carbons (Fsp3) is 0.636. The van der Waals surface area contributed by atoms with Crippen LogP contribution in [0.3, 0.4) is 0 Å². The number of ether oxygens (including phenoxy) is 1. The van der Waals surface area contributed by atoms with Gasteiger partial charge in [-0.15, -0.1) is 0 Å². The zero-order valence-corrected chi connectivity index (χ0v) is 11.8. The van der Waals surface area contributed by atoms with Crippen LogP contribution >= 0.6 is 0 Å². The molecule has 0 bridgehead atoms. The Bertz CT molecular complexity index is 542. The Morgan fingerprint density at radius 1 is 1.42 bits per heavy atom. The van der Waals surface area contributed by atoms with Crippen molar-refractivity contribution in [2.24, 2.45) is 0 Å². The molecule has 0 spiro atoms. The zero-order chi connectivity index (χ0) is 14.1. The van der Waals surface area contributed by atoms with Gasteiger partial charge in [0.15, 0.2) is 0 Å². The quantitative estimate of drug-likeness (QED) is 0.827. The Morgan fingerprint density at radius 3 is 2.63 bits per heavy atom. The molecular formula is C11H18N4O3S. The molecule has 0 amide bonds. The van der Waals surface area contributed by atoms with E-state index in [1.807, 2.05) is 13.8 Å². The molecule has 0 saturated carbocycles. The van der Waals surface area contributed by atoms with Gasteiger partial charge in [-0.3, -0.25) is 0 Å². The van der Waals surface area contributed by atoms with E-state index in [1.54, 1.807) is 0 Å². The van der Waals surface area contributed by atoms with Crippen molar-refractivity contribution in [1.29, 1.82) is 0 Å². The van der Waals surface area contributed by atoms with Crippen LogP contribution in [-0.2, 0) is 14.8 Å². The molecular weight excluding hydrogens is 268 g/mol. The zero-order valence-electron chi connectivity index (χ0n) is 11.0. The summed E-state index contributed by atoms with van der Waals surface area (Å²) < 4.78 is 32.5. The second-order valence-corrected chi connectivity index (χ2v) is 6.91. The lowest BCUT2D eigenvalue weighted by Gasteiger charge is -2.35. The predicted octanol–water partition coefficient (Wildman–Crippen LogP) is 0.295. The van der Waals surface area contributed by atoms with Crippen LogP contribution in [0, 0.1) is 0 Å². The second-order valence-electron chi connectivity index (χ2n) is 5.20. The molecule has 1 unspecified atom stereocenters. The third kappa shape index (κ3) is 3.62. The molecule has 8 heteroatoms. The van der Waals surface area contributed by atoms with E-state index in [0.29, 0.717) is 19.4 Å². The Balaban J connectivity index is 2.11. The Hall–Kier alpha value is -1.25. The number of aromatic nitrogens is 2. The first-order valence-electron chi connectivity index (χ1n) is 6.02. The van der Waals surface area contributed by atoms with E-state index in [4.69, 9.17) is 10.5 Å². The third-order valence-electron chi connectivity index (χ3n) is 2.98. The lowest BCUT2D eigenvalue weighted by molar-refractivity contribution is -0.0599. The van der Waals surface area contributed by atoms with Crippen molar-refractivity contribution in [3.63, 3.8) is 0 Å². The lowest BCUT2D eigenvalue weighted by Crippen LogP contribution is -2.45. The van der Waals surface area contributed by atoms with Crippen molar-refractivity contribution in [3.05, 3.63) is 12.4 Å². The van der Waals surface area contributed by atoms with Crippen molar-refractivity contribution < 1.29 is 13.2 Å². The van der Waals surface area contributed by atoms with Crippen LogP contribution in [0.2, 0.25) is 0 Å². The maximum atomic E-state index is 12.1. The van der Waals surface area contributed by atoms with Gasteiger partial charge in [0.1, 0.15) is 4.90 Å². The van der Waals surface area contributed by atoms with Gasteiger partial charge in [-0.1, -0.05) is 0 Å². The van der Waals surface area contributed by atoms with Crippen LogP contribution in [-0.4, -0.2) is 36.6 Å². The molecule has 3 N–H and O–H groups in total. The molecule has 1 aromatic rings. The molecule has 1 atom stereocenters. The van der Waals surface area contributed by atoms with Crippen molar-refractivity contribution in [1.82, 2.24) is 14.7 Å². The average molecular weight is 286 g/mol. The smallest absolute Gasteiger partial charge is 0.243 e. The van der Waals surface area contributed by atoms with Crippen molar-refractivity contribution in [3.8, 4) is 0 Å². The first-order valence-corrected chi connectivity index (χ1v) is 7.51. The van der Waals surface area contributed by atoms with E-state index < -0.39 is 10.0 Å². The number of nitrogen functional groups attached to an aromatic ring is 1. The SMILES string of the molecule is CC1(C)CC(NS(=O)(=O)c2cnc(N)nc2)CCO1. The number of rotatable bonds is 3. The molecule has 0 radical (unpaired) electrons. The van der Waals surface area contributed by atoms with Gasteiger partial charge in [0.25, 0.3) is 0 Å². The summed E-state index contributed by atoms with van der Waals surface area (Å²) in [5, 5.41) is 0. The van der Waals surface area contributed by atoms with Gasteiger partial charge in [0, 0.05) is 12.6 Å². The third-order valence-corrected chi connectivity index (χ3v) is 4.45. The molecule has 2 heterocycles. The highest BCUT2D eigenvalue weighted by atomic mass is 32.2. The summed E-state index contributed by atoms with van der Waals surface area (Å²) in [6.45, 7) is 4.43. The van der Waals surface area contributed by atoms with Crippen molar-refractivity contribution >= 4 is 16.0 Å². The van der Waals surface area contributed by atoms with E-state index >= 15 is 0 Å². The number of nitrogens with two attached hydrogens (primary N) is 1. The van der Waals surface area contributed by atoms with Crippen LogP contribution in [0.15, 0.2) is 17.3 Å². The van der Waals surface area contributed by atoms with Gasteiger partial charge in [-0.2, -0.15) is 0 Å². The Morgan fingerprint density at radius 2 is 2.05 bits per heavy atom. The topological polar surface area (TPSA) is 107 Å². The van der Waals surface area contributed by atoms with E-state index in [9.17, 15) is 8.42 Å². The van der Waals surface area contributed by atoms with Crippen LogP contribution in [0.1, 0.15) is 26.7 Å². The van der Waals surface area contributed by atoms with Crippen LogP contribution in [0.4, 0.5) is 5.95 Å². The fourth-order valence-corrected chi connectivity index (χ4v) is 3.24. The minimum Gasteiger partial charge on any atom is -0.375 e. The highest BCUT2D eigenvalue weighted by molar-refractivity contribution is 7.89. The number of sulfonamides is 1. The summed E-state index contributed by atoms with van der Waals surface area (Å²) >= 11 is 0. The average Bonchev–Trinajstić information content (AvgIpc) is 2.27. The number of nitrogens with one attached hydrogen (secondary N) is 1. The van der Waals surface area contributed by atoms with Crippen molar-refractivity contribution in [2.45, 2.75) is 43.2 Å². The number of hydrogen-bond acceptors (Lipinski definition) is 6. The molecule has 1 aromatic heterocycles. The first-order chi connectivity index (χ1) is 8.78. The van der Waals surface area contributed by atoms with Gasteiger partial charge >= 0.3 is 0 Å². The van der Waals surface area contributed by atoms with Gasteiger partial charge in [0.05, 0.1) is 18.0 Å². The van der Waals surface area contributed by atoms with Crippen molar-refractivity contribution in [2.75, 3.05) is 12.3 Å². The predicted molar refractivity (Wildman–Crippen MR) is 69.8 cm³/mol. The normalized spacial score (nSPS) is 23.2. The molecule has 7 nitrogen and oxygen atoms in total. The Kier molecular flexibility index (Phi) is 3.75. The molecule has 1 aliphatic heterocycles. The highest BCUT2D eigenvalue weighted by Crippen LogP contribution is 2.25. The minimum absolute atomic E-state index is 0.0194. The number of anilines is 1. The molecule has 19 heavy (non-hydrogen) atoms. The van der Waals surface area contributed by atoms with E-state index in [0.717, 1.165) is 0 Å². The maximum absolute atomic E-state index is 12.1. The molecule has 0 aliphatic carbocycles. The summed E-state index contributed by atoms with van der Waals surface area (Å²) in [5.74, 6) is 0.0474. The van der Waals surface area contributed by atoms with Gasteiger partial charge < -0.3 is 10.5 Å². The molecule has 1 saturated heterocycles. The summed E-state index contributed by atoms with van der Waals surface area (Å²) in [6, 6.07) is -0.147. The van der Waals surface area contributed by atoms with Gasteiger partial charge in [0.2, 0.25) is 16.0 Å². The fourth-order valence-electron chi connectivity index (χ4n) is 2.08. The summed E-state index contributed by atoms with van der Waals surface area (Å²) in [5.41, 5.74) is 5.02. The van der Waals surface area contributed by atoms with Crippen LogP contribution in [0.25, 0.3) is 0 Å². The van der Waals surface area contributed by atoms with E-state index in [2.05, 4.69) is 14.7 Å². The first kappa shape index (κ1) is 14.2. The number of nitrogens with zero attached hydrogens (tertiary/aromatic N) is 2. The molecule has 106 valence electrons. The Labute approximate surface area is 112 Å². The van der Waals surface area contributed by atoms with E-state index in [1.165, 1.54) is 12.4 Å². The maximum Gasteiger partial charge on any atom is 0.243 e. The lowest BCUT2D eigenvalue weighted by atomic mass is 9.95. The summed E-state index contributed by atoms with van der Waals surface area (Å²) in [6.07, 6.45) is 3.69. The largest absolute Gasteiger partial charge is 0.375 e. The number of hydrogen-bond donors (Lipinski definition) is 2. The summed E-state index contributed by atoms with van der Waals surface area (Å²) in [7, 11) is -3.61.